The molecule has 3 heterocycles. The van der Waals surface area contributed by atoms with Crippen molar-refractivity contribution in [2.24, 2.45) is 4.99 Å². The van der Waals surface area contributed by atoms with Gasteiger partial charge in [0.2, 0.25) is 0 Å². The number of hydrogen-bond acceptors (Lipinski definition) is 6. The van der Waals surface area contributed by atoms with Gasteiger partial charge < -0.3 is 15.4 Å². The van der Waals surface area contributed by atoms with Gasteiger partial charge in [-0.2, -0.15) is 0 Å². The summed E-state index contributed by atoms with van der Waals surface area (Å²) < 4.78 is 0. The maximum absolute atomic E-state index is 13.3. The van der Waals surface area contributed by atoms with E-state index in [9.17, 15) is 14.7 Å². The molecule has 3 N–H and O–H groups in total. The lowest BCUT2D eigenvalue weighted by molar-refractivity contribution is 0.102. The van der Waals surface area contributed by atoms with E-state index in [4.69, 9.17) is 0 Å². The molecule has 0 bridgehead atoms. The van der Waals surface area contributed by atoms with Gasteiger partial charge in [-0.25, -0.2) is 0 Å². The van der Waals surface area contributed by atoms with Crippen molar-refractivity contribution in [1.82, 2.24) is 9.88 Å². The minimum Gasteiger partial charge on any atom is -0.494 e. The summed E-state index contributed by atoms with van der Waals surface area (Å²) in [5.74, 6) is -0.390. The normalized spacial score (nSPS) is 13.8. The van der Waals surface area contributed by atoms with Crippen LogP contribution in [-0.2, 0) is 6.54 Å². The number of aromatic hydroxyl groups is 1. The number of nitrogens with zero attached hydrogens (tertiary/aromatic N) is 2. The first-order chi connectivity index (χ1) is 19.9. The Kier molecular flexibility index (Phi) is 7.50. The molecule has 0 spiro atoms. The summed E-state index contributed by atoms with van der Waals surface area (Å²) in [5, 5.41) is 16.1. The second-order valence-electron chi connectivity index (χ2n) is 10.4. The van der Waals surface area contributed by atoms with E-state index in [0.717, 1.165) is 36.3 Å². The minimum absolute atomic E-state index is 0.00687. The number of carbonyl (C=O) groups excluding carboxylic acids is 2. The molecule has 1 amide bonds. The molecule has 1 aliphatic heterocycles. The van der Waals surface area contributed by atoms with E-state index in [2.05, 4.69) is 32.3 Å². The molecule has 5 aromatic rings. The van der Waals surface area contributed by atoms with E-state index in [1.165, 1.54) is 29.7 Å². The van der Waals surface area contributed by atoms with Crippen LogP contribution in [0.25, 0.3) is 10.9 Å². The van der Waals surface area contributed by atoms with Crippen LogP contribution in [0.4, 0.5) is 11.4 Å². The third-order valence-corrected chi connectivity index (χ3v) is 8.43. The summed E-state index contributed by atoms with van der Waals surface area (Å²) >= 11 is 1.38. The molecule has 0 radical (unpaired) electrons. The Morgan fingerprint density at radius 1 is 1.02 bits per heavy atom. The quantitative estimate of drug-likeness (QED) is 0.139. The Bertz CT molecular complexity index is 1760. The highest BCUT2D eigenvalue weighted by Gasteiger charge is 2.16. The van der Waals surface area contributed by atoms with Gasteiger partial charge in [0.15, 0.2) is 11.7 Å². The zero-order chi connectivity index (χ0) is 28.3. The number of hydrogen-bond donors (Lipinski definition) is 3. The van der Waals surface area contributed by atoms with E-state index >= 15 is 0 Å². The second kappa shape index (κ2) is 11.5. The van der Waals surface area contributed by atoms with Gasteiger partial charge in [0.1, 0.15) is 0 Å². The highest BCUT2D eigenvalue weighted by Crippen LogP contribution is 2.29. The summed E-state index contributed by atoms with van der Waals surface area (Å²) in [7, 11) is 0. The van der Waals surface area contributed by atoms with Gasteiger partial charge in [-0.15, -0.1) is 11.3 Å². The average Bonchev–Trinajstić information content (AvgIpc) is 3.72. The van der Waals surface area contributed by atoms with E-state index in [-0.39, 0.29) is 17.6 Å². The Morgan fingerprint density at radius 3 is 2.56 bits per heavy atom. The van der Waals surface area contributed by atoms with Crippen molar-refractivity contribution >= 4 is 51.5 Å². The molecule has 3 aromatic carbocycles. The largest absolute Gasteiger partial charge is 0.494 e. The minimum atomic E-state index is -0.197. The Morgan fingerprint density at radius 2 is 1.80 bits per heavy atom. The summed E-state index contributed by atoms with van der Waals surface area (Å²) in [4.78, 5) is 36.6. The maximum Gasteiger partial charge on any atom is 0.265 e. The number of amides is 1. The van der Waals surface area contributed by atoms with Crippen LogP contribution in [0, 0.1) is 6.92 Å². The van der Waals surface area contributed by atoms with Crippen LogP contribution < -0.4 is 5.32 Å². The zero-order valence-corrected chi connectivity index (χ0v) is 23.5. The first kappa shape index (κ1) is 26.7. The molecule has 0 aliphatic carbocycles. The van der Waals surface area contributed by atoms with Gasteiger partial charge in [-0.05, 0) is 85.8 Å². The third-order valence-electron chi connectivity index (χ3n) is 7.41. The van der Waals surface area contributed by atoms with Gasteiger partial charge in [0.05, 0.1) is 16.1 Å². The number of anilines is 1. The molecule has 1 saturated heterocycles. The van der Waals surface area contributed by atoms with Crippen LogP contribution in [0.3, 0.4) is 0 Å². The lowest BCUT2D eigenvalue weighted by atomic mass is 10.0. The van der Waals surface area contributed by atoms with Crippen molar-refractivity contribution in [1.29, 1.82) is 0 Å². The highest BCUT2D eigenvalue weighted by molar-refractivity contribution is 7.12. The van der Waals surface area contributed by atoms with Gasteiger partial charge in [-0.3, -0.25) is 19.5 Å². The predicted octanol–water partition coefficient (Wildman–Crippen LogP) is 7.07. The lowest BCUT2D eigenvalue weighted by Gasteiger charge is -2.14. The van der Waals surface area contributed by atoms with Gasteiger partial charge in [0.25, 0.3) is 5.91 Å². The predicted molar refractivity (Wildman–Crippen MR) is 165 cm³/mol. The molecule has 1 fully saturated rings. The molecular weight excluding hydrogens is 532 g/mol. The molecule has 2 aromatic heterocycles. The second-order valence-corrected chi connectivity index (χ2v) is 11.3. The number of H-pyrrole nitrogens is 1. The van der Waals surface area contributed by atoms with Crippen molar-refractivity contribution in [2.75, 3.05) is 18.4 Å². The summed E-state index contributed by atoms with van der Waals surface area (Å²) in [6, 6.07) is 22.3. The van der Waals surface area contributed by atoms with Crippen molar-refractivity contribution in [3.63, 3.8) is 0 Å². The molecule has 0 atom stereocenters. The number of benzene rings is 3. The number of ketones is 1. The number of aryl methyl sites for hydroxylation is 1. The Balaban J connectivity index is 1.17. The summed E-state index contributed by atoms with van der Waals surface area (Å²) in [6.45, 7) is 5.17. The van der Waals surface area contributed by atoms with Gasteiger partial charge >= 0.3 is 0 Å². The van der Waals surface area contributed by atoms with Crippen molar-refractivity contribution in [3.05, 3.63) is 111 Å². The first-order valence-corrected chi connectivity index (χ1v) is 14.5. The molecule has 0 unspecified atom stereocenters. The van der Waals surface area contributed by atoms with Gasteiger partial charge in [0, 0.05) is 40.5 Å². The molecule has 0 saturated carbocycles. The number of aromatic nitrogens is 1. The Labute approximate surface area is 242 Å². The van der Waals surface area contributed by atoms with Crippen LogP contribution in [0.15, 0.2) is 83.2 Å². The van der Waals surface area contributed by atoms with Crippen LogP contribution in [0.2, 0.25) is 0 Å². The fourth-order valence-electron chi connectivity index (χ4n) is 5.20. The van der Waals surface area contributed by atoms with E-state index < -0.39 is 0 Å². The first-order valence-electron chi connectivity index (χ1n) is 13.6. The smallest absolute Gasteiger partial charge is 0.265 e. The van der Waals surface area contributed by atoms with Gasteiger partial charge in [-0.1, -0.05) is 36.4 Å². The maximum atomic E-state index is 13.3. The standard InChI is InChI=1S/C33H30N4O3S/c1-21-13-16-41-31(21)33(40)35-26-6-4-5-23(17-26)30(38)24-9-12-27-28(32(39)36-29(27)18-24)19-34-25-10-7-22(8-11-25)20-37-14-2-3-15-37/h4-13,16-19,36,39H,2-3,14-15,20H2,1H3,(H,35,40). The van der Waals surface area contributed by atoms with Crippen molar-refractivity contribution < 1.29 is 14.7 Å². The highest BCUT2D eigenvalue weighted by atomic mass is 32.1. The average molecular weight is 563 g/mol. The van der Waals surface area contributed by atoms with Crippen LogP contribution in [0.5, 0.6) is 5.88 Å². The number of thiophene rings is 1. The number of rotatable bonds is 8. The third kappa shape index (κ3) is 5.84. The molecule has 6 rings (SSSR count). The molecule has 206 valence electrons. The van der Waals surface area contributed by atoms with E-state index in [1.54, 1.807) is 42.6 Å². The van der Waals surface area contributed by atoms with E-state index in [1.807, 2.05) is 36.6 Å². The SMILES string of the molecule is Cc1ccsc1C(=O)Nc1cccc(C(=O)c2ccc3c(C=Nc4ccc(CN5CCCC5)cc4)c(O)[nH]c3c2)c1. The van der Waals surface area contributed by atoms with Crippen molar-refractivity contribution in [3.8, 4) is 5.88 Å². The number of likely N-dealkylation sites (tertiary alicyclic amines) is 1. The molecule has 8 heteroatoms. The summed E-state index contributed by atoms with van der Waals surface area (Å²) in [6.07, 6.45) is 4.19. The van der Waals surface area contributed by atoms with Crippen LogP contribution in [0.1, 0.15) is 55.1 Å². The fraction of sp³-hybridized carbons (Fsp3) is 0.182. The number of fused-ring (bicyclic) bond motifs is 1. The number of nitrogens with one attached hydrogen (secondary N) is 2. The molecular formula is C33H30N4O3S. The monoisotopic (exact) mass is 562 g/mol. The Hall–Kier alpha value is -4.53. The lowest BCUT2D eigenvalue weighted by Crippen LogP contribution is -2.18. The summed E-state index contributed by atoms with van der Waals surface area (Å²) in [5.41, 5.74) is 5.65. The number of carbonyl (C=O) groups is 2. The van der Waals surface area contributed by atoms with Crippen LogP contribution in [-0.4, -0.2) is 46.0 Å². The molecule has 41 heavy (non-hydrogen) atoms. The van der Waals surface area contributed by atoms with E-state index in [0.29, 0.717) is 32.8 Å². The number of aromatic amines is 1. The molecule has 7 nitrogen and oxygen atoms in total. The van der Waals surface area contributed by atoms with Crippen molar-refractivity contribution in [2.45, 2.75) is 26.3 Å². The zero-order valence-electron chi connectivity index (χ0n) is 22.7. The number of aliphatic imine (C=N–C) groups is 1. The fourth-order valence-corrected chi connectivity index (χ4v) is 6.02. The topological polar surface area (TPSA) is 97.8 Å². The van der Waals surface area contributed by atoms with Crippen LogP contribution >= 0.6 is 11.3 Å². The molecule has 1 aliphatic rings.